The fourth-order valence-corrected chi connectivity index (χ4v) is 5.99. The summed E-state index contributed by atoms with van der Waals surface area (Å²) in [6, 6.07) is 12.3. The molecule has 2 bridgehead atoms. The Labute approximate surface area is 193 Å². The average Bonchev–Trinajstić information content (AvgIpc) is 3.09. The summed E-state index contributed by atoms with van der Waals surface area (Å²) in [5.41, 5.74) is 2.60. The second-order valence-electron chi connectivity index (χ2n) is 10.8. The van der Waals surface area contributed by atoms with Crippen molar-refractivity contribution in [3.05, 3.63) is 65.0 Å². The van der Waals surface area contributed by atoms with Gasteiger partial charge in [-0.1, -0.05) is 18.2 Å². The molecule has 3 fully saturated rings. The average molecular weight is 452 g/mol. The van der Waals surface area contributed by atoms with E-state index in [0.29, 0.717) is 25.3 Å². The van der Waals surface area contributed by atoms with Gasteiger partial charge in [0.1, 0.15) is 5.82 Å². The summed E-state index contributed by atoms with van der Waals surface area (Å²) in [5.74, 6) is -0.158. The Morgan fingerprint density at radius 3 is 2.36 bits per heavy atom. The number of halogens is 1. The number of hydrogen-bond donors (Lipinski definition) is 2. The monoisotopic (exact) mass is 451 g/mol. The van der Waals surface area contributed by atoms with Gasteiger partial charge in [-0.3, -0.25) is 4.79 Å². The van der Waals surface area contributed by atoms with Crippen LogP contribution in [0, 0.1) is 11.2 Å². The molecule has 33 heavy (non-hydrogen) atoms. The van der Waals surface area contributed by atoms with E-state index in [1.165, 1.54) is 17.7 Å². The minimum Gasteiger partial charge on any atom is -0.389 e. The normalized spacial score (nSPS) is 25.1. The summed E-state index contributed by atoms with van der Waals surface area (Å²) in [6.45, 7) is 4.62. The van der Waals surface area contributed by atoms with Gasteiger partial charge in [-0.15, -0.1) is 0 Å². The highest BCUT2D eigenvalue weighted by Gasteiger charge is 2.72. The maximum atomic E-state index is 13.4. The SMILES string of the molecule is CN(CC(C)(C)O)C(=O)C12CC(c3ccc(NC(=O)N4Cc5ccc(F)cc5C4)cc3)(C1)C2. The van der Waals surface area contributed by atoms with Crippen LogP contribution in [0.1, 0.15) is 49.8 Å². The number of anilines is 1. The molecule has 3 aliphatic carbocycles. The van der Waals surface area contributed by atoms with Crippen molar-refractivity contribution in [2.45, 2.75) is 57.2 Å². The fraction of sp³-hybridized carbons (Fsp3) is 0.462. The minimum absolute atomic E-state index is 0.0500. The smallest absolute Gasteiger partial charge is 0.322 e. The van der Waals surface area contributed by atoms with E-state index in [0.717, 1.165) is 30.4 Å². The number of rotatable bonds is 5. The van der Waals surface area contributed by atoms with Gasteiger partial charge >= 0.3 is 6.03 Å². The number of carbonyl (C=O) groups excluding carboxylic acids is 2. The molecule has 0 aromatic heterocycles. The van der Waals surface area contributed by atoms with E-state index in [1.807, 2.05) is 24.3 Å². The molecule has 0 spiro atoms. The third-order valence-corrected chi connectivity index (χ3v) is 7.38. The summed E-state index contributed by atoms with van der Waals surface area (Å²) in [4.78, 5) is 28.9. The molecule has 1 heterocycles. The Morgan fingerprint density at radius 1 is 1.09 bits per heavy atom. The van der Waals surface area contributed by atoms with Gasteiger partial charge in [-0.2, -0.15) is 0 Å². The highest BCUT2D eigenvalue weighted by molar-refractivity contribution is 5.90. The lowest BCUT2D eigenvalue weighted by molar-refractivity contribution is -0.188. The fourth-order valence-electron chi connectivity index (χ4n) is 5.99. The molecule has 0 radical (unpaired) electrons. The lowest BCUT2D eigenvalue weighted by Crippen LogP contribution is -2.70. The Kier molecular flexibility index (Phi) is 4.83. The van der Waals surface area contributed by atoms with Crippen LogP contribution in [-0.4, -0.2) is 46.0 Å². The molecular weight excluding hydrogens is 421 g/mol. The molecule has 6 rings (SSSR count). The van der Waals surface area contributed by atoms with Crippen LogP contribution in [0.25, 0.3) is 0 Å². The predicted molar refractivity (Wildman–Crippen MR) is 123 cm³/mol. The van der Waals surface area contributed by atoms with Crippen molar-refractivity contribution in [3.8, 4) is 0 Å². The van der Waals surface area contributed by atoms with Crippen LogP contribution in [0.2, 0.25) is 0 Å². The molecule has 174 valence electrons. The topological polar surface area (TPSA) is 72.9 Å². The van der Waals surface area contributed by atoms with Crippen LogP contribution in [0.3, 0.4) is 0 Å². The summed E-state index contributed by atoms with van der Waals surface area (Å²) in [5, 5.41) is 12.9. The Bertz CT molecular complexity index is 1100. The molecule has 2 aromatic rings. The van der Waals surface area contributed by atoms with Crippen molar-refractivity contribution in [2.75, 3.05) is 18.9 Å². The third-order valence-electron chi connectivity index (χ3n) is 7.38. The van der Waals surface area contributed by atoms with Gasteiger partial charge in [0.05, 0.1) is 11.0 Å². The predicted octanol–water partition coefficient (Wildman–Crippen LogP) is 4.02. The minimum atomic E-state index is -0.903. The Hall–Kier alpha value is -2.93. The summed E-state index contributed by atoms with van der Waals surface area (Å²) < 4.78 is 13.4. The zero-order valence-electron chi connectivity index (χ0n) is 19.3. The molecule has 0 saturated heterocycles. The first-order valence-corrected chi connectivity index (χ1v) is 11.4. The maximum Gasteiger partial charge on any atom is 0.322 e. The number of nitrogens with zero attached hydrogens (tertiary/aromatic N) is 2. The van der Waals surface area contributed by atoms with Crippen molar-refractivity contribution in [3.63, 3.8) is 0 Å². The van der Waals surface area contributed by atoms with Gasteiger partial charge in [0.2, 0.25) is 5.91 Å². The van der Waals surface area contributed by atoms with Crippen molar-refractivity contribution in [1.29, 1.82) is 0 Å². The van der Waals surface area contributed by atoms with Crippen LogP contribution >= 0.6 is 0 Å². The third kappa shape index (κ3) is 3.78. The summed E-state index contributed by atoms with van der Waals surface area (Å²) in [6.07, 6.45) is 2.51. The van der Waals surface area contributed by atoms with Crippen molar-refractivity contribution < 1.29 is 19.1 Å². The van der Waals surface area contributed by atoms with Gasteiger partial charge < -0.3 is 20.2 Å². The van der Waals surface area contributed by atoms with Gasteiger partial charge in [-0.25, -0.2) is 9.18 Å². The van der Waals surface area contributed by atoms with E-state index in [4.69, 9.17) is 0 Å². The van der Waals surface area contributed by atoms with Crippen LogP contribution in [-0.2, 0) is 23.3 Å². The molecule has 2 aromatic carbocycles. The van der Waals surface area contributed by atoms with Crippen molar-refractivity contribution >= 4 is 17.6 Å². The summed E-state index contributed by atoms with van der Waals surface area (Å²) in [7, 11) is 1.76. The number of hydrogen-bond acceptors (Lipinski definition) is 3. The van der Waals surface area contributed by atoms with Gasteiger partial charge in [0.15, 0.2) is 0 Å². The number of fused-ring (bicyclic) bond motifs is 1. The quantitative estimate of drug-likeness (QED) is 0.721. The number of carbonyl (C=O) groups is 2. The first-order valence-electron chi connectivity index (χ1n) is 11.4. The van der Waals surface area contributed by atoms with Crippen molar-refractivity contribution in [1.82, 2.24) is 9.80 Å². The number of likely N-dealkylation sites (N-methyl/N-ethyl adjacent to an activating group) is 1. The molecule has 1 aliphatic heterocycles. The molecule has 0 atom stereocenters. The summed E-state index contributed by atoms with van der Waals surface area (Å²) >= 11 is 0. The highest BCUT2D eigenvalue weighted by atomic mass is 19.1. The number of urea groups is 1. The maximum absolute atomic E-state index is 13.4. The first-order chi connectivity index (χ1) is 15.5. The van der Waals surface area contributed by atoms with E-state index in [1.54, 1.807) is 36.8 Å². The molecule has 7 heteroatoms. The largest absolute Gasteiger partial charge is 0.389 e. The van der Waals surface area contributed by atoms with E-state index < -0.39 is 5.60 Å². The molecular formula is C26H30FN3O3. The van der Waals surface area contributed by atoms with Gasteiger partial charge in [-0.05, 0) is 79.5 Å². The van der Waals surface area contributed by atoms with Gasteiger partial charge in [0, 0.05) is 32.4 Å². The number of aliphatic hydroxyl groups is 1. The second kappa shape index (κ2) is 7.29. The van der Waals surface area contributed by atoms with Crippen LogP contribution in [0.5, 0.6) is 0 Å². The zero-order chi connectivity index (χ0) is 23.6. The molecule has 3 amide bonds. The molecule has 3 saturated carbocycles. The lowest BCUT2D eigenvalue weighted by Gasteiger charge is -2.70. The van der Waals surface area contributed by atoms with Crippen LogP contribution in [0.15, 0.2) is 42.5 Å². The van der Waals surface area contributed by atoms with Crippen LogP contribution < -0.4 is 5.32 Å². The van der Waals surface area contributed by atoms with E-state index in [2.05, 4.69) is 5.32 Å². The number of benzene rings is 2. The van der Waals surface area contributed by atoms with E-state index >= 15 is 0 Å². The molecule has 6 nitrogen and oxygen atoms in total. The van der Waals surface area contributed by atoms with Crippen molar-refractivity contribution in [2.24, 2.45) is 5.41 Å². The number of amides is 3. The van der Waals surface area contributed by atoms with E-state index in [9.17, 15) is 19.1 Å². The first kappa shape index (κ1) is 21.9. The Morgan fingerprint density at radius 2 is 1.73 bits per heavy atom. The lowest BCUT2D eigenvalue weighted by atomic mass is 9.33. The highest BCUT2D eigenvalue weighted by Crippen LogP contribution is 2.74. The number of nitrogens with one attached hydrogen (secondary N) is 1. The van der Waals surface area contributed by atoms with E-state index in [-0.39, 0.29) is 28.6 Å². The standard InChI is InChI=1S/C26H30FN3O3/c1-24(2,33)16-29(3)22(31)26-13-25(14-26,15-26)19-5-8-21(9-6-19)28-23(32)30-11-17-4-7-20(27)10-18(17)12-30/h4-10,33H,11-16H2,1-3H3,(H,28,32). The van der Waals surface area contributed by atoms with Gasteiger partial charge in [0.25, 0.3) is 0 Å². The molecule has 4 aliphatic rings. The molecule has 0 unspecified atom stereocenters. The van der Waals surface area contributed by atoms with Crippen LogP contribution in [0.4, 0.5) is 14.9 Å². The second-order valence-corrected chi connectivity index (χ2v) is 10.8. The molecule has 2 N–H and O–H groups in total. The Balaban J connectivity index is 1.17. The zero-order valence-corrected chi connectivity index (χ0v) is 19.3.